The molecule has 1 aromatic heterocycles. The number of guanidine groups is 1. The molecule has 0 bridgehead atoms. The van der Waals surface area contributed by atoms with E-state index in [1.807, 2.05) is 30.2 Å². The minimum absolute atomic E-state index is 0.488. The first kappa shape index (κ1) is 17.5. The van der Waals surface area contributed by atoms with Gasteiger partial charge in [-0.05, 0) is 36.0 Å². The Labute approximate surface area is 150 Å². The Balaban J connectivity index is 1.41. The van der Waals surface area contributed by atoms with Gasteiger partial charge in [0.15, 0.2) is 5.96 Å². The first-order valence-electron chi connectivity index (χ1n) is 9.22. The molecule has 1 heterocycles. The third-order valence-electron chi connectivity index (χ3n) is 4.78. The minimum Gasteiger partial charge on any atom is -0.356 e. The van der Waals surface area contributed by atoms with Gasteiger partial charge in [-0.3, -0.25) is 9.67 Å². The average molecular weight is 339 g/mol. The smallest absolute Gasteiger partial charge is 0.191 e. The van der Waals surface area contributed by atoms with Crippen molar-refractivity contribution in [3.63, 3.8) is 0 Å². The maximum absolute atomic E-state index is 4.34. The molecule has 2 aromatic rings. The second-order valence-corrected chi connectivity index (χ2v) is 7.04. The Morgan fingerprint density at radius 1 is 1.32 bits per heavy atom. The number of nitrogens with zero attached hydrogens (tertiary/aromatic N) is 3. The predicted octanol–water partition coefficient (Wildman–Crippen LogP) is 3.12. The summed E-state index contributed by atoms with van der Waals surface area (Å²) >= 11 is 0. The number of benzene rings is 1. The normalized spacial score (nSPS) is 19.9. The van der Waals surface area contributed by atoms with Crippen molar-refractivity contribution in [1.82, 2.24) is 20.4 Å². The second kappa shape index (κ2) is 8.19. The third-order valence-corrected chi connectivity index (χ3v) is 4.78. The molecule has 1 fully saturated rings. The summed E-state index contributed by atoms with van der Waals surface area (Å²) in [6.07, 6.45) is 6.00. The Morgan fingerprint density at radius 2 is 2.12 bits per heavy atom. The Hall–Kier alpha value is -2.30. The van der Waals surface area contributed by atoms with Crippen molar-refractivity contribution < 1.29 is 0 Å². The van der Waals surface area contributed by atoms with Crippen LogP contribution >= 0.6 is 0 Å². The van der Waals surface area contributed by atoms with Crippen molar-refractivity contribution in [2.24, 2.45) is 4.99 Å². The molecule has 2 atom stereocenters. The number of aryl methyl sites for hydroxylation is 1. The van der Waals surface area contributed by atoms with E-state index in [-0.39, 0.29) is 0 Å². The first-order chi connectivity index (χ1) is 12.2. The summed E-state index contributed by atoms with van der Waals surface area (Å²) in [7, 11) is 1.83. The Bertz CT molecular complexity index is 673. The van der Waals surface area contributed by atoms with Crippen LogP contribution in [0.1, 0.15) is 49.7 Å². The molecule has 0 amide bonds. The highest BCUT2D eigenvalue weighted by molar-refractivity contribution is 5.80. The molecule has 0 radical (unpaired) electrons. The summed E-state index contributed by atoms with van der Waals surface area (Å²) < 4.78 is 1.95. The fraction of sp³-hybridized carbons (Fsp3) is 0.500. The summed E-state index contributed by atoms with van der Waals surface area (Å²) in [4.78, 5) is 4.34. The fourth-order valence-corrected chi connectivity index (χ4v) is 3.10. The number of hydrogen-bond donors (Lipinski definition) is 2. The van der Waals surface area contributed by atoms with Gasteiger partial charge in [0, 0.05) is 44.5 Å². The van der Waals surface area contributed by atoms with Gasteiger partial charge in [0.05, 0.1) is 0 Å². The van der Waals surface area contributed by atoms with Crippen LogP contribution in [0.2, 0.25) is 0 Å². The van der Waals surface area contributed by atoms with Crippen LogP contribution in [0.3, 0.4) is 0 Å². The van der Waals surface area contributed by atoms with E-state index in [2.05, 4.69) is 58.8 Å². The number of rotatable bonds is 7. The first-order valence-corrected chi connectivity index (χ1v) is 9.22. The average Bonchev–Trinajstić information content (AvgIpc) is 3.19. The van der Waals surface area contributed by atoms with Crippen LogP contribution in [0.25, 0.3) is 0 Å². The molecule has 25 heavy (non-hydrogen) atoms. The standard InChI is InChI=1S/C20H29N5/c1-15(2)16-6-8-17(9-7-16)18-14-19(18)24-20(21-3)22-10-4-12-25-13-5-11-23-25/h5-9,11,13,15,18-19H,4,10,12,14H2,1-3H3,(H2,21,22,24). The van der Waals surface area contributed by atoms with Crippen LogP contribution in [0.15, 0.2) is 47.7 Å². The molecule has 0 spiro atoms. The van der Waals surface area contributed by atoms with Gasteiger partial charge in [0.2, 0.25) is 0 Å². The van der Waals surface area contributed by atoms with Crippen molar-refractivity contribution in [2.75, 3.05) is 13.6 Å². The lowest BCUT2D eigenvalue weighted by atomic mass is 10.0. The quantitative estimate of drug-likeness (QED) is 0.463. The predicted molar refractivity (Wildman–Crippen MR) is 103 cm³/mol. The molecule has 1 saturated carbocycles. The lowest BCUT2D eigenvalue weighted by Gasteiger charge is -2.12. The van der Waals surface area contributed by atoms with Gasteiger partial charge in [0.1, 0.15) is 0 Å². The summed E-state index contributed by atoms with van der Waals surface area (Å²) in [6.45, 7) is 6.28. The zero-order valence-electron chi connectivity index (χ0n) is 15.4. The molecule has 5 heteroatoms. The molecule has 0 saturated heterocycles. The van der Waals surface area contributed by atoms with E-state index in [0.29, 0.717) is 17.9 Å². The van der Waals surface area contributed by atoms with Crippen LogP contribution in [0, 0.1) is 0 Å². The third kappa shape index (κ3) is 4.84. The monoisotopic (exact) mass is 339 g/mol. The van der Waals surface area contributed by atoms with Crippen LogP contribution < -0.4 is 10.6 Å². The molecule has 0 aliphatic heterocycles. The van der Waals surface area contributed by atoms with Gasteiger partial charge >= 0.3 is 0 Å². The van der Waals surface area contributed by atoms with Crippen molar-refractivity contribution in [1.29, 1.82) is 0 Å². The summed E-state index contributed by atoms with van der Waals surface area (Å²) in [5.74, 6) is 2.09. The molecule has 134 valence electrons. The summed E-state index contributed by atoms with van der Waals surface area (Å²) in [5.41, 5.74) is 2.83. The zero-order chi connectivity index (χ0) is 17.6. The van der Waals surface area contributed by atoms with E-state index in [0.717, 1.165) is 25.5 Å². The van der Waals surface area contributed by atoms with E-state index in [1.54, 1.807) is 0 Å². The molecule has 2 N–H and O–H groups in total. The number of hydrogen-bond acceptors (Lipinski definition) is 2. The minimum atomic E-state index is 0.488. The molecule has 1 aromatic carbocycles. The van der Waals surface area contributed by atoms with Gasteiger partial charge in [0.25, 0.3) is 0 Å². The largest absolute Gasteiger partial charge is 0.356 e. The molecule has 1 aliphatic rings. The van der Waals surface area contributed by atoms with Gasteiger partial charge in [-0.2, -0.15) is 5.10 Å². The topological polar surface area (TPSA) is 54.2 Å². The SMILES string of the molecule is CN=C(NCCCn1cccn1)NC1CC1c1ccc(C(C)C)cc1. The van der Waals surface area contributed by atoms with Crippen molar-refractivity contribution in [3.05, 3.63) is 53.9 Å². The highest BCUT2D eigenvalue weighted by Crippen LogP contribution is 2.41. The van der Waals surface area contributed by atoms with Crippen LogP contribution in [-0.2, 0) is 6.54 Å². The fourth-order valence-electron chi connectivity index (χ4n) is 3.10. The van der Waals surface area contributed by atoms with E-state index in [4.69, 9.17) is 0 Å². The van der Waals surface area contributed by atoms with Crippen LogP contribution in [0.4, 0.5) is 0 Å². The van der Waals surface area contributed by atoms with Crippen molar-refractivity contribution in [2.45, 2.75) is 51.1 Å². The van der Waals surface area contributed by atoms with E-state index < -0.39 is 0 Å². The van der Waals surface area contributed by atoms with Crippen molar-refractivity contribution in [3.8, 4) is 0 Å². The number of nitrogens with one attached hydrogen (secondary N) is 2. The number of aliphatic imine (C=N–C) groups is 1. The van der Waals surface area contributed by atoms with Gasteiger partial charge in [-0.25, -0.2) is 0 Å². The maximum Gasteiger partial charge on any atom is 0.191 e. The van der Waals surface area contributed by atoms with Crippen LogP contribution in [0.5, 0.6) is 0 Å². The lowest BCUT2D eigenvalue weighted by Crippen LogP contribution is -2.39. The second-order valence-electron chi connectivity index (χ2n) is 7.04. The summed E-state index contributed by atoms with van der Waals surface area (Å²) in [5, 5.41) is 11.1. The van der Waals surface area contributed by atoms with Gasteiger partial charge in [-0.1, -0.05) is 38.1 Å². The van der Waals surface area contributed by atoms with E-state index >= 15 is 0 Å². The van der Waals surface area contributed by atoms with Gasteiger partial charge < -0.3 is 10.6 Å². The number of aromatic nitrogens is 2. The lowest BCUT2D eigenvalue weighted by molar-refractivity contribution is 0.570. The Kier molecular flexibility index (Phi) is 5.74. The van der Waals surface area contributed by atoms with E-state index in [9.17, 15) is 0 Å². The zero-order valence-corrected chi connectivity index (χ0v) is 15.4. The molecule has 1 aliphatic carbocycles. The summed E-state index contributed by atoms with van der Waals surface area (Å²) in [6, 6.07) is 11.5. The van der Waals surface area contributed by atoms with E-state index in [1.165, 1.54) is 17.5 Å². The molecule has 3 rings (SSSR count). The highest BCUT2D eigenvalue weighted by Gasteiger charge is 2.38. The molecular formula is C20H29N5. The molecule has 2 unspecified atom stereocenters. The maximum atomic E-state index is 4.34. The van der Waals surface area contributed by atoms with Crippen molar-refractivity contribution >= 4 is 5.96 Å². The van der Waals surface area contributed by atoms with Crippen LogP contribution in [-0.4, -0.2) is 35.4 Å². The molecule has 5 nitrogen and oxygen atoms in total. The highest BCUT2D eigenvalue weighted by atomic mass is 15.3. The Morgan fingerprint density at radius 3 is 2.76 bits per heavy atom. The molecular weight excluding hydrogens is 310 g/mol. The van der Waals surface area contributed by atoms with Gasteiger partial charge in [-0.15, -0.1) is 0 Å².